The first-order valence-corrected chi connectivity index (χ1v) is 7.73. The third kappa shape index (κ3) is 5.17. The Hall–Kier alpha value is -1.34. The fourth-order valence-corrected chi connectivity index (χ4v) is 2.83. The highest BCUT2D eigenvalue weighted by atomic mass is 32.2. The second kappa shape index (κ2) is 7.61. The molecule has 0 heterocycles. The molecule has 1 fully saturated rings. The molecule has 4 nitrogen and oxygen atoms in total. The minimum absolute atomic E-state index is 0.229. The number of carbonyl (C=O) groups is 1. The second-order valence-corrected chi connectivity index (χ2v) is 6.02. The molecule has 2 unspecified atom stereocenters. The van der Waals surface area contributed by atoms with Gasteiger partial charge in [-0.3, -0.25) is 0 Å². The van der Waals surface area contributed by atoms with Crippen LogP contribution >= 0.6 is 11.8 Å². The number of amides is 2. The highest BCUT2D eigenvalue weighted by molar-refractivity contribution is 7.99. The van der Waals surface area contributed by atoms with Gasteiger partial charge in [0.1, 0.15) is 0 Å². The average Bonchev–Trinajstić information content (AvgIpc) is 2.43. The summed E-state index contributed by atoms with van der Waals surface area (Å²) in [6, 6.07) is 5.58. The van der Waals surface area contributed by atoms with Gasteiger partial charge in [0.15, 0.2) is 0 Å². The molecule has 0 aliphatic heterocycles. The van der Waals surface area contributed by atoms with Crippen molar-refractivity contribution in [3.8, 4) is 0 Å². The van der Waals surface area contributed by atoms with Crippen LogP contribution < -0.4 is 10.6 Å². The van der Waals surface area contributed by atoms with Crippen molar-refractivity contribution in [1.29, 1.82) is 0 Å². The van der Waals surface area contributed by atoms with E-state index in [1.54, 1.807) is 12.1 Å². The van der Waals surface area contributed by atoms with Gasteiger partial charge in [0, 0.05) is 10.6 Å². The predicted octanol–water partition coefficient (Wildman–Crippen LogP) is 3.43. The first-order valence-electron chi connectivity index (χ1n) is 6.85. The minimum Gasteiger partial charge on any atom is -0.391 e. The largest absolute Gasteiger partial charge is 0.391 e. The molecule has 116 valence electrons. The lowest BCUT2D eigenvalue weighted by molar-refractivity contribution is 0.0955. The molecule has 2 amide bonds. The Labute approximate surface area is 126 Å². The summed E-state index contributed by atoms with van der Waals surface area (Å²) >= 11 is 0.460. The third-order valence-corrected chi connectivity index (χ3v) is 4.11. The summed E-state index contributed by atoms with van der Waals surface area (Å²) in [4.78, 5) is 12.3. The normalized spacial score (nSPS) is 22.1. The quantitative estimate of drug-likeness (QED) is 0.746. The maximum absolute atomic E-state index is 12.2. The smallest absolute Gasteiger partial charge is 0.319 e. The molecule has 0 spiro atoms. The molecule has 2 atom stereocenters. The number of nitrogens with one attached hydrogen (secondary N) is 2. The first kappa shape index (κ1) is 16.0. The Bertz CT molecular complexity index is 471. The van der Waals surface area contributed by atoms with E-state index in [4.69, 9.17) is 0 Å². The number of aliphatic hydroxyl groups is 1. The van der Waals surface area contributed by atoms with Crippen LogP contribution in [0.4, 0.5) is 19.3 Å². The summed E-state index contributed by atoms with van der Waals surface area (Å²) in [5.41, 5.74) is 0.524. The van der Waals surface area contributed by atoms with E-state index in [1.807, 2.05) is 0 Å². The Morgan fingerprint density at radius 2 is 1.90 bits per heavy atom. The van der Waals surface area contributed by atoms with Crippen LogP contribution in [0.1, 0.15) is 25.7 Å². The van der Waals surface area contributed by atoms with Gasteiger partial charge in [-0.2, -0.15) is 8.78 Å². The lowest BCUT2D eigenvalue weighted by Crippen LogP contribution is -2.46. The van der Waals surface area contributed by atoms with Gasteiger partial charge >= 0.3 is 6.03 Å². The summed E-state index contributed by atoms with van der Waals surface area (Å²) in [5.74, 6) is -2.46. The number of aliphatic hydroxyl groups excluding tert-OH is 1. The maximum Gasteiger partial charge on any atom is 0.319 e. The van der Waals surface area contributed by atoms with Crippen molar-refractivity contribution in [2.45, 2.75) is 48.5 Å². The van der Waals surface area contributed by atoms with Gasteiger partial charge in [0.2, 0.25) is 0 Å². The lowest BCUT2D eigenvalue weighted by Gasteiger charge is -2.28. The molecule has 7 heteroatoms. The van der Waals surface area contributed by atoms with Crippen LogP contribution in [0.3, 0.4) is 0 Å². The zero-order valence-corrected chi connectivity index (χ0v) is 12.2. The van der Waals surface area contributed by atoms with Gasteiger partial charge in [-0.05, 0) is 37.1 Å². The van der Waals surface area contributed by atoms with Crippen LogP contribution in [0.25, 0.3) is 0 Å². The molecule has 0 aromatic heterocycles. The lowest BCUT2D eigenvalue weighted by atomic mass is 9.93. The van der Waals surface area contributed by atoms with Crippen molar-refractivity contribution in [3.05, 3.63) is 24.3 Å². The van der Waals surface area contributed by atoms with Crippen molar-refractivity contribution in [2.75, 3.05) is 5.32 Å². The number of anilines is 1. The third-order valence-electron chi connectivity index (χ3n) is 3.38. The average molecular weight is 316 g/mol. The van der Waals surface area contributed by atoms with E-state index in [1.165, 1.54) is 12.1 Å². The first-order chi connectivity index (χ1) is 10.0. The summed E-state index contributed by atoms with van der Waals surface area (Å²) in [6.45, 7) is 0. The van der Waals surface area contributed by atoms with Crippen LogP contribution in [0.2, 0.25) is 0 Å². The topological polar surface area (TPSA) is 61.4 Å². The van der Waals surface area contributed by atoms with Crippen LogP contribution in [-0.2, 0) is 0 Å². The zero-order chi connectivity index (χ0) is 15.2. The Kier molecular flexibility index (Phi) is 5.81. The van der Waals surface area contributed by atoms with Crippen LogP contribution in [-0.4, -0.2) is 29.0 Å². The molecule has 1 aliphatic carbocycles. The van der Waals surface area contributed by atoms with Gasteiger partial charge in [0.05, 0.1) is 12.1 Å². The monoisotopic (exact) mass is 316 g/mol. The molecule has 1 saturated carbocycles. The molecule has 21 heavy (non-hydrogen) atoms. The Balaban J connectivity index is 1.84. The van der Waals surface area contributed by atoms with Gasteiger partial charge in [-0.15, -0.1) is 0 Å². The fraction of sp³-hybridized carbons (Fsp3) is 0.500. The van der Waals surface area contributed by atoms with Gasteiger partial charge in [-0.25, -0.2) is 4.79 Å². The number of hydrogen-bond acceptors (Lipinski definition) is 3. The van der Waals surface area contributed by atoms with E-state index in [0.29, 0.717) is 28.8 Å². The summed E-state index contributed by atoms with van der Waals surface area (Å²) < 4.78 is 24.4. The highest BCUT2D eigenvalue weighted by Gasteiger charge is 2.24. The molecule has 2 rings (SSSR count). The summed E-state index contributed by atoms with van der Waals surface area (Å²) in [6.07, 6.45) is 2.92. The number of rotatable bonds is 4. The van der Waals surface area contributed by atoms with Crippen LogP contribution in [0, 0.1) is 0 Å². The highest BCUT2D eigenvalue weighted by Crippen LogP contribution is 2.26. The number of alkyl halides is 2. The van der Waals surface area contributed by atoms with E-state index >= 15 is 0 Å². The number of halogens is 2. The van der Waals surface area contributed by atoms with Crippen molar-refractivity contribution < 1.29 is 18.7 Å². The maximum atomic E-state index is 12.2. The number of urea groups is 1. The molecule has 0 saturated heterocycles. The van der Waals surface area contributed by atoms with Gasteiger partial charge in [-0.1, -0.05) is 24.6 Å². The molecular weight excluding hydrogens is 298 g/mol. The molecule has 0 bridgehead atoms. The van der Waals surface area contributed by atoms with Crippen molar-refractivity contribution >= 4 is 23.5 Å². The summed E-state index contributed by atoms with van der Waals surface area (Å²) in [7, 11) is 0. The van der Waals surface area contributed by atoms with Crippen molar-refractivity contribution in [1.82, 2.24) is 5.32 Å². The van der Waals surface area contributed by atoms with Gasteiger partial charge < -0.3 is 15.7 Å². The van der Waals surface area contributed by atoms with Crippen molar-refractivity contribution in [3.63, 3.8) is 0 Å². The molecule has 0 radical (unpaired) electrons. The molecule has 1 aromatic rings. The molecule has 1 aliphatic rings. The Morgan fingerprint density at radius 1 is 1.24 bits per heavy atom. The number of carbonyl (C=O) groups excluding carboxylic acids is 1. The predicted molar refractivity (Wildman–Crippen MR) is 78.7 cm³/mol. The second-order valence-electron chi connectivity index (χ2n) is 4.96. The molecular formula is C14H18F2N2O2S. The number of thioether (sulfide) groups is 1. The zero-order valence-electron chi connectivity index (χ0n) is 11.4. The standard InChI is InChI=1S/C14H18F2N2O2S/c15-13(16)21-10-7-5-9(6-8-10)17-14(20)18-11-3-1-2-4-12(11)19/h5-8,11-13,19H,1-4H2,(H2,17,18,20). The Morgan fingerprint density at radius 3 is 2.52 bits per heavy atom. The SMILES string of the molecule is O=C(Nc1ccc(SC(F)F)cc1)NC1CCCCC1O. The van der Waals surface area contributed by atoms with Crippen molar-refractivity contribution in [2.24, 2.45) is 0 Å². The number of benzene rings is 1. The summed E-state index contributed by atoms with van der Waals surface area (Å²) in [5, 5.41) is 15.2. The van der Waals surface area contributed by atoms with E-state index in [0.717, 1.165) is 19.3 Å². The molecule has 1 aromatic carbocycles. The van der Waals surface area contributed by atoms with E-state index in [9.17, 15) is 18.7 Å². The van der Waals surface area contributed by atoms with Crippen LogP contribution in [0.15, 0.2) is 29.2 Å². The van der Waals surface area contributed by atoms with E-state index < -0.39 is 17.9 Å². The molecule has 3 N–H and O–H groups in total. The number of hydrogen-bond donors (Lipinski definition) is 3. The minimum atomic E-state index is -2.46. The van der Waals surface area contributed by atoms with E-state index in [-0.39, 0.29) is 6.04 Å². The van der Waals surface area contributed by atoms with E-state index in [2.05, 4.69) is 10.6 Å². The van der Waals surface area contributed by atoms with Crippen LogP contribution in [0.5, 0.6) is 0 Å². The fourth-order valence-electron chi connectivity index (χ4n) is 2.33. The van der Waals surface area contributed by atoms with Gasteiger partial charge in [0.25, 0.3) is 5.76 Å².